The first-order chi connectivity index (χ1) is 14.5. The minimum Gasteiger partial charge on any atom is -0.493 e. The van der Waals surface area contributed by atoms with Crippen molar-refractivity contribution < 1.29 is 18.7 Å². The highest BCUT2D eigenvalue weighted by atomic mass is 32.1. The summed E-state index contributed by atoms with van der Waals surface area (Å²) in [4.78, 5) is 17.3. The third kappa shape index (κ3) is 2.81. The first-order valence-corrected chi connectivity index (χ1v) is 9.98. The highest BCUT2D eigenvalue weighted by Crippen LogP contribution is 2.43. The Labute approximate surface area is 175 Å². The zero-order chi connectivity index (χ0) is 21.0. The number of ether oxygens (including phenoxy) is 2. The van der Waals surface area contributed by atoms with E-state index in [4.69, 9.17) is 9.47 Å². The molecule has 5 rings (SSSR count). The minimum absolute atomic E-state index is 0.338. The lowest BCUT2D eigenvalue weighted by atomic mass is 10.1. The number of halogens is 1. The number of carbonyl (C=O) groups excluding carboxylic acids is 1. The van der Waals surface area contributed by atoms with E-state index in [0.29, 0.717) is 39.0 Å². The van der Waals surface area contributed by atoms with Crippen LogP contribution in [0, 0.1) is 5.82 Å². The van der Waals surface area contributed by atoms with Crippen molar-refractivity contribution in [1.82, 2.24) is 14.8 Å². The molecule has 0 atom stereocenters. The first kappa shape index (κ1) is 18.6. The molecule has 152 valence electrons. The van der Waals surface area contributed by atoms with Crippen molar-refractivity contribution in [2.24, 2.45) is 7.05 Å². The minimum atomic E-state index is -0.349. The van der Waals surface area contributed by atoms with Crippen LogP contribution in [0.1, 0.15) is 21.6 Å². The second-order valence-electron chi connectivity index (χ2n) is 6.93. The predicted molar refractivity (Wildman–Crippen MR) is 112 cm³/mol. The summed E-state index contributed by atoms with van der Waals surface area (Å²) < 4.78 is 26.6. The Morgan fingerprint density at radius 2 is 1.97 bits per heavy atom. The monoisotopic (exact) mass is 424 g/mol. The molecule has 0 radical (unpaired) electrons. The number of amides is 1. The average Bonchev–Trinajstić information content (AvgIpc) is 3.38. The maximum Gasteiger partial charge on any atom is 0.278 e. The molecule has 0 fully saturated rings. The molecular weight excluding hydrogens is 407 g/mol. The summed E-state index contributed by atoms with van der Waals surface area (Å²) in [5.41, 5.74) is 4.70. The maximum atomic E-state index is 13.4. The second kappa shape index (κ2) is 6.81. The van der Waals surface area contributed by atoms with Gasteiger partial charge < -0.3 is 9.47 Å². The van der Waals surface area contributed by atoms with Gasteiger partial charge in [-0.15, -0.1) is 0 Å². The smallest absolute Gasteiger partial charge is 0.278 e. The summed E-state index contributed by atoms with van der Waals surface area (Å²) in [6.45, 7) is 0. The molecule has 1 aliphatic rings. The van der Waals surface area contributed by atoms with Gasteiger partial charge in [0.2, 0.25) is 0 Å². The lowest BCUT2D eigenvalue weighted by molar-refractivity contribution is 0.102. The van der Waals surface area contributed by atoms with Crippen molar-refractivity contribution in [2.75, 3.05) is 19.5 Å². The topological polar surface area (TPSA) is 78.3 Å². The van der Waals surface area contributed by atoms with Gasteiger partial charge in [0.1, 0.15) is 5.82 Å². The third-order valence-corrected chi connectivity index (χ3v) is 6.10. The highest BCUT2D eigenvalue weighted by Gasteiger charge is 2.31. The lowest BCUT2D eigenvalue weighted by Gasteiger charge is -2.11. The Kier molecular flexibility index (Phi) is 4.21. The molecule has 4 aromatic rings. The van der Waals surface area contributed by atoms with Crippen molar-refractivity contribution in [3.05, 3.63) is 53.0 Å². The van der Waals surface area contributed by atoms with Gasteiger partial charge in [-0.05, 0) is 35.9 Å². The number of rotatable bonds is 4. The fourth-order valence-corrected chi connectivity index (χ4v) is 4.73. The standard InChI is InChI=1S/C21H17FN4O3S/c1-26-19-12-9-16(29-3)15(28-2)7-10(12)6-13(19)18(25-26)20(27)24-21-23-14-5-4-11(22)8-17(14)30-21/h4-5,7-9H,6H2,1-3H3,(H,23,24,27). The van der Waals surface area contributed by atoms with Gasteiger partial charge in [0.25, 0.3) is 5.91 Å². The number of hydrogen-bond donors (Lipinski definition) is 1. The van der Waals surface area contributed by atoms with E-state index >= 15 is 0 Å². The Balaban J connectivity index is 1.50. The number of aromatic nitrogens is 3. The van der Waals surface area contributed by atoms with Crippen molar-refractivity contribution >= 4 is 32.6 Å². The van der Waals surface area contributed by atoms with E-state index in [1.807, 2.05) is 19.2 Å². The number of aryl methyl sites for hydroxylation is 1. The second-order valence-corrected chi connectivity index (χ2v) is 7.96. The van der Waals surface area contributed by atoms with Gasteiger partial charge in [0, 0.05) is 24.6 Å². The van der Waals surface area contributed by atoms with Crippen LogP contribution in [0.5, 0.6) is 11.5 Å². The summed E-state index contributed by atoms with van der Waals surface area (Å²) in [6, 6.07) is 8.17. The highest BCUT2D eigenvalue weighted by molar-refractivity contribution is 7.22. The van der Waals surface area contributed by atoms with E-state index in [-0.39, 0.29) is 11.7 Å². The molecule has 2 aromatic heterocycles. The van der Waals surface area contributed by atoms with E-state index in [9.17, 15) is 9.18 Å². The van der Waals surface area contributed by atoms with Gasteiger partial charge in [0.15, 0.2) is 22.3 Å². The van der Waals surface area contributed by atoms with E-state index < -0.39 is 0 Å². The van der Waals surface area contributed by atoms with Crippen LogP contribution in [0.25, 0.3) is 21.5 Å². The SMILES string of the molecule is COc1cc2c(cc1OC)-c1c(c(C(=O)Nc3nc4ccc(F)cc4s3)nn1C)C2. The van der Waals surface area contributed by atoms with Crippen molar-refractivity contribution in [3.8, 4) is 22.8 Å². The summed E-state index contributed by atoms with van der Waals surface area (Å²) in [5.74, 6) is 0.580. The molecule has 0 spiro atoms. The van der Waals surface area contributed by atoms with E-state index in [0.717, 1.165) is 22.4 Å². The number of benzene rings is 2. The fraction of sp³-hybridized carbons (Fsp3) is 0.190. The van der Waals surface area contributed by atoms with Crippen LogP contribution in [0.15, 0.2) is 30.3 Å². The summed E-state index contributed by atoms with van der Waals surface area (Å²) >= 11 is 1.22. The summed E-state index contributed by atoms with van der Waals surface area (Å²) in [7, 11) is 4.99. The Hall–Kier alpha value is -3.46. The van der Waals surface area contributed by atoms with Gasteiger partial charge in [-0.2, -0.15) is 5.10 Å². The lowest BCUT2D eigenvalue weighted by Crippen LogP contribution is -2.14. The molecular formula is C21H17FN4O3S. The molecule has 30 heavy (non-hydrogen) atoms. The normalized spacial score (nSPS) is 12.0. The number of nitrogens with one attached hydrogen (secondary N) is 1. The van der Waals surface area contributed by atoms with Crippen LogP contribution in [0.2, 0.25) is 0 Å². The molecule has 2 heterocycles. The van der Waals surface area contributed by atoms with E-state index in [1.165, 1.54) is 23.5 Å². The average molecular weight is 424 g/mol. The molecule has 1 aliphatic carbocycles. The van der Waals surface area contributed by atoms with E-state index in [2.05, 4.69) is 15.4 Å². The zero-order valence-electron chi connectivity index (χ0n) is 16.4. The van der Waals surface area contributed by atoms with E-state index in [1.54, 1.807) is 25.0 Å². The molecule has 0 saturated carbocycles. The van der Waals surface area contributed by atoms with Crippen LogP contribution in [0.4, 0.5) is 9.52 Å². The molecule has 1 amide bonds. The summed E-state index contributed by atoms with van der Waals surface area (Å²) in [6.07, 6.45) is 0.562. The quantitative estimate of drug-likeness (QED) is 0.472. The van der Waals surface area contributed by atoms with Crippen LogP contribution < -0.4 is 14.8 Å². The zero-order valence-corrected chi connectivity index (χ0v) is 17.3. The van der Waals surface area contributed by atoms with Gasteiger partial charge >= 0.3 is 0 Å². The number of anilines is 1. The van der Waals surface area contributed by atoms with Gasteiger partial charge in [0.05, 0.1) is 30.1 Å². The molecule has 9 heteroatoms. The Bertz CT molecular complexity index is 1330. The van der Waals surface area contributed by atoms with Crippen molar-refractivity contribution in [3.63, 3.8) is 0 Å². The van der Waals surface area contributed by atoms with Crippen LogP contribution in [-0.4, -0.2) is 34.9 Å². The van der Waals surface area contributed by atoms with Crippen molar-refractivity contribution in [1.29, 1.82) is 0 Å². The fourth-order valence-electron chi connectivity index (χ4n) is 3.84. The molecule has 1 N–H and O–H groups in total. The number of methoxy groups -OCH3 is 2. The number of carbonyl (C=O) groups is 1. The Morgan fingerprint density at radius 1 is 1.20 bits per heavy atom. The molecule has 0 saturated heterocycles. The first-order valence-electron chi connectivity index (χ1n) is 9.17. The summed E-state index contributed by atoms with van der Waals surface area (Å²) in [5, 5.41) is 7.65. The number of thiazole rings is 1. The Morgan fingerprint density at radius 3 is 2.73 bits per heavy atom. The molecule has 0 aliphatic heterocycles. The third-order valence-electron chi connectivity index (χ3n) is 5.16. The predicted octanol–water partition coefficient (Wildman–Crippen LogP) is 4.01. The van der Waals surface area contributed by atoms with Gasteiger partial charge in [-0.1, -0.05) is 11.3 Å². The number of fused-ring (bicyclic) bond motifs is 4. The largest absolute Gasteiger partial charge is 0.493 e. The van der Waals surface area contributed by atoms with Crippen LogP contribution >= 0.6 is 11.3 Å². The number of nitrogens with zero attached hydrogens (tertiary/aromatic N) is 3. The number of hydrogen-bond acceptors (Lipinski definition) is 6. The van der Waals surface area contributed by atoms with Gasteiger partial charge in [-0.25, -0.2) is 9.37 Å². The molecule has 2 aromatic carbocycles. The van der Waals surface area contributed by atoms with Crippen LogP contribution in [-0.2, 0) is 13.5 Å². The molecule has 0 bridgehead atoms. The van der Waals surface area contributed by atoms with Gasteiger partial charge in [-0.3, -0.25) is 14.8 Å². The maximum absolute atomic E-state index is 13.4. The molecule has 0 unspecified atom stereocenters. The van der Waals surface area contributed by atoms with Crippen molar-refractivity contribution in [2.45, 2.75) is 6.42 Å². The molecule has 7 nitrogen and oxygen atoms in total. The van der Waals surface area contributed by atoms with Crippen LogP contribution in [0.3, 0.4) is 0 Å².